The zero-order valence-electron chi connectivity index (χ0n) is 13.7. The van der Waals surface area contributed by atoms with Crippen LogP contribution in [-0.2, 0) is 6.54 Å². The van der Waals surface area contributed by atoms with Crippen LogP contribution in [0.15, 0.2) is 16.7 Å². The quantitative estimate of drug-likeness (QED) is 0.910. The molecule has 0 saturated heterocycles. The predicted octanol–water partition coefficient (Wildman–Crippen LogP) is 2.86. The summed E-state index contributed by atoms with van der Waals surface area (Å²) in [5.74, 6) is 0.949. The number of benzene rings is 1. The molecule has 0 saturated carbocycles. The first-order valence-electron chi connectivity index (χ1n) is 7.28. The van der Waals surface area contributed by atoms with Gasteiger partial charge in [0.2, 0.25) is 5.89 Å². The largest absolute Gasteiger partial charge is 0.337 e. The van der Waals surface area contributed by atoms with Crippen molar-refractivity contribution in [2.75, 3.05) is 0 Å². The van der Waals surface area contributed by atoms with E-state index in [0.717, 1.165) is 5.56 Å². The smallest absolute Gasteiger partial charge is 0.315 e. The average molecular weight is 302 g/mol. The maximum atomic E-state index is 12.0. The summed E-state index contributed by atoms with van der Waals surface area (Å²) in [5.41, 5.74) is 4.72. The van der Waals surface area contributed by atoms with Crippen molar-refractivity contribution in [3.05, 3.63) is 46.1 Å². The van der Waals surface area contributed by atoms with Gasteiger partial charge in [-0.2, -0.15) is 4.98 Å². The van der Waals surface area contributed by atoms with Crippen LogP contribution < -0.4 is 10.6 Å². The van der Waals surface area contributed by atoms with Crippen LogP contribution in [0.25, 0.3) is 0 Å². The zero-order chi connectivity index (χ0) is 16.3. The number of carbonyl (C=O) groups is 1. The summed E-state index contributed by atoms with van der Waals surface area (Å²) in [6.45, 7) is 10.2. The number of rotatable bonds is 4. The molecule has 1 atom stereocenters. The molecule has 0 aliphatic heterocycles. The maximum absolute atomic E-state index is 12.0. The number of nitrogens with zero attached hydrogens (tertiary/aromatic N) is 2. The lowest BCUT2D eigenvalue weighted by Gasteiger charge is -2.14. The highest BCUT2D eigenvalue weighted by Crippen LogP contribution is 2.16. The van der Waals surface area contributed by atoms with Crippen LogP contribution in [0, 0.1) is 27.7 Å². The van der Waals surface area contributed by atoms with E-state index in [1.807, 2.05) is 0 Å². The van der Waals surface area contributed by atoms with Gasteiger partial charge in [-0.15, -0.1) is 0 Å². The fraction of sp³-hybridized carbons (Fsp3) is 0.438. The fourth-order valence-corrected chi connectivity index (χ4v) is 2.46. The number of carbonyl (C=O) groups excluding carboxylic acids is 1. The topological polar surface area (TPSA) is 80.0 Å². The maximum Gasteiger partial charge on any atom is 0.315 e. The van der Waals surface area contributed by atoms with Crippen molar-refractivity contribution in [3.63, 3.8) is 0 Å². The lowest BCUT2D eigenvalue weighted by atomic mass is 10.00. The van der Waals surface area contributed by atoms with Crippen LogP contribution in [0.5, 0.6) is 0 Å². The lowest BCUT2D eigenvalue weighted by Crippen LogP contribution is -2.37. The van der Waals surface area contributed by atoms with E-state index >= 15 is 0 Å². The minimum Gasteiger partial charge on any atom is -0.337 e. The molecular formula is C16H22N4O2. The van der Waals surface area contributed by atoms with Gasteiger partial charge in [-0.1, -0.05) is 22.9 Å². The predicted molar refractivity (Wildman–Crippen MR) is 83.5 cm³/mol. The summed E-state index contributed by atoms with van der Waals surface area (Å²) in [6.07, 6.45) is 0. The molecule has 0 aliphatic carbocycles. The molecule has 0 unspecified atom stereocenters. The molecule has 6 nitrogen and oxygen atoms in total. The molecular weight excluding hydrogens is 280 g/mol. The summed E-state index contributed by atoms with van der Waals surface area (Å²) in [5, 5.41) is 9.36. The number of nitrogens with one attached hydrogen (secondary N) is 2. The van der Waals surface area contributed by atoms with Crippen molar-refractivity contribution in [3.8, 4) is 0 Å². The Bertz CT molecular complexity index is 656. The lowest BCUT2D eigenvalue weighted by molar-refractivity contribution is 0.233. The van der Waals surface area contributed by atoms with Gasteiger partial charge < -0.3 is 15.2 Å². The van der Waals surface area contributed by atoms with Gasteiger partial charge in [0.15, 0.2) is 5.82 Å². The Kier molecular flexibility index (Phi) is 4.80. The van der Waals surface area contributed by atoms with Crippen LogP contribution in [0.2, 0.25) is 0 Å². The van der Waals surface area contributed by atoms with E-state index in [0.29, 0.717) is 18.3 Å². The van der Waals surface area contributed by atoms with Gasteiger partial charge >= 0.3 is 6.03 Å². The van der Waals surface area contributed by atoms with E-state index in [2.05, 4.69) is 53.7 Å². The Balaban J connectivity index is 1.93. The van der Waals surface area contributed by atoms with Gasteiger partial charge in [0.05, 0.1) is 0 Å². The molecule has 6 heteroatoms. The third-order valence-corrected chi connectivity index (χ3v) is 3.53. The Hall–Kier alpha value is -2.37. The van der Waals surface area contributed by atoms with Crippen LogP contribution >= 0.6 is 0 Å². The van der Waals surface area contributed by atoms with E-state index in [4.69, 9.17) is 4.52 Å². The standard InChI is InChI=1S/C16H22N4O2/c1-9-6-10(2)14(11(3)7-9)8-17-16(21)18-12(4)15-19-13(5)20-22-15/h6-7,12H,8H2,1-5H3,(H2,17,18,21)/t12-/m0/s1. The Morgan fingerprint density at radius 2 is 1.86 bits per heavy atom. The molecule has 0 fully saturated rings. The number of amides is 2. The SMILES string of the molecule is Cc1cc(C)c(CNC(=O)N[C@@H](C)c2nc(C)no2)c(C)c1. The van der Waals surface area contributed by atoms with Gasteiger partial charge in [-0.25, -0.2) is 4.79 Å². The van der Waals surface area contributed by atoms with Crippen molar-refractivity contribution >= 4 is 6.03 Å². The first-order valence-corrected chi connectivity index (χ1v) is 7.28. The van der Waals surface area contributed by atoms with Crippen LogP contribution in [-0.4, -0.2) is 16.2 Å². The van der Waals surface area contributed by atoms with Gasteiger partial charge in [0, 0.05) is 6.54 Å². The van der Waals surface area contributed by atoms with Gasteiger partial charge in [0.1, 0.15) is 6.04 Å². The highest BCUT2D eigenvalue weighted by molar-refractivity contribution is 5.74. The second-order valence-corrected chi connectivity index (χ2v) is 5.61. The highest BCUT2D eigenvalue weighted by Gasteiger charge is 2.15. The van der Waals surface area contributed by atoms with Crippen LogP contribution in [0.1, 0.15) is 46.9 Å². The summed E-state index contributed by atoms with van der Waals surface area (Å²) in [6, 6.07) is 3.64. The van der Waals surface area contributed by atoms with Gasteiger partial charge in [-0.3, -0.25) is 0 Å². The molecule has 1 aromatic heterocycles. The molecule has 22 heavy (non-hydrogen) atoms. The summed E-state index contributed by atoms with van der Waals surface area (Å²) >= 11 is 0. The molecule has 2 amide bonds. The first kappa shape index (κ1) is 16.0. The van der Waals surface area contributed by atoms with E-state index in [1.165, 1.54) is 16.7 Å². The Labute approximate surface area is 130 Å². The van der Waals surface area contributed by atoms with E-state index < -0.39 is 0 Å². The highest BCUT2D eigenvalue weighted by atomic mass is 16.5. The average Bonchev–Trinajstić information content (AvgIpc) is 2.84. The fourth-order valence-electron chi connectivity index (χ4n) is 2.46. The third-order valence-electron chi connectivity index (χ3n) is 3.53. The first-order chi connectivity index (χ1) is 10.4. The van der Waals surface area contributed by atoms with Crippen LogP contribution in [0.3, 0.4) is 0 Å². The molecule has 0 aliphatic rings. The van der Waals surface area contributed by atoms with Crippen molar-refractivity contribution in [2.24, 2.45) is 0 Å². The van der Waals surface area contributed by atoms with Crippen molar-refractivity contribution < 1.29 is 9.32 Å². The second kappa shape index (κ2) is 6.60. The van der Waals surface area contributed by atoms with E-state index in [1.54, 1.807) is 13.8 Å². The van der Waals surface area contributed by atoms with Gasteiger partial charge in [-0.05, 0) is 51.3 Å². The number of hydrogen-bond acceptors (Lipinski definition) is 4. The second-order valence-electron chi connectivity index (χ2n) is 5.61. The summed E-state index contributed by atoms with van der Waals surface area (Å²) < 4.78 is 5.04. The van der Waals surface area contributed by atoms with Crippen molar-refractivity contribution in [1.82, 2.24) is 20.8 Å². The molecule has 0 bridgehead atoms. The Morgan fingerprint density at radius 3 is 2.41 bits per heavy atom. The molecule has 1 aromatic carbocycles. The minimum atomic E-state index is -0.332. The molecule has 2 N–H and O–H groups in total. The monoisotopic (exact) mass is 302 g/mol. The van der Waals surface area contributed by atoms with Crippen LogP contribution in [0.4, 0.5) is 4.79 Å². The number of urea groups is 1. The molecule has 0 spiro atoms. The number of aryl methyl sites for hydroxylation is 4. The molecule has 1 heterocycles. The minimum absolute atomic E-state index is 0.261. The Morgan fingerprint density at radius 1 is 1.23 bits per heavy atom. The van der Waals surface area contributed by atoms with Crippen molar-refractivity contribution in [1.29, 1.82) is 0 Å². The van der Waals surface area contributed by atoms with Gasteiger partial charge in [0.25, 0.3) is 0 Å². The molecule has 2 aromatic rings. The number of aromatic nitrogens is 2. The molecule has 2 rings (SSSR count). The third kappa shape index (κ3) is 3.84. The molecule has 0 radical (unpaired) electrons. The summed E-state index contributed by atoms with van der Waals surface area (Å²) in [7, 11) is 0. The van der Waals surface area contributed by atoms with E-state index in [-0.39, 0.29) is 12.1 Å². The van der Waals surface area contributed by atoms with Crippen molar-refractivity contribution in [2.45, 2.75) is 47.2 Å². The number of hydrogen-bond donors (Lipinski definition) is 2. The summed E-state index contributed by atoms with van der Waals surface area (Å²) in [4.78, 5) is 16.1. The zero-order valence-corrected chi connectivity index (χ0v) is 13.7. The normalized spacial score (nSPS) is 12.0. The van der Waals surface area contributed by atoms with E-state index in [9.17, 15) is 4.79 Å². The molecule has 118 valence electrons.